The average molecular weight is 296 g/mol. The average Bonchev–Trinajstić information content (AvgIpc) is 2.34. The van der Waals surface area contributed by atoms with Crippen LogP contribution in [0.5, 0.6) is 0 Å². The summed E-state index contributed by atoms with van der Waals surface area (Å²) >= 11 is 0. The van der Waals surface area contributed by atoms with Crippen molar-refractivity contribution in [1.82, 2.24) is 0 Å². The van der Waals surface area contributed by atoms with Gasteiger partial charge in [0.05, 0.1) is 0 Å². The summed E-state index contributed by atoms with van der Waals surface area (Å²) in [6.45, 7) is 9.44. The normalized spacial score (nSPS) is 11.6. The Balaban J connectivity index is 3.43. The molecule has 0 aromatic heterocycles. The number of benzene rings is 1. The van der Waals surface area contributed by atoms with Gasteiger partial charge in [0.1, 0.15) is 4.90 Å². The fourth-order valence-electron chi connectivity index (χ4n) is 2.51. The zero-order valence-corrected chi connectivity index (χ0v) is 13.4. The standard InChI is InChI=1S/C16H24O3S/c1-5-7-8-10-14-11-12(3)13(4)16(20(17,18)19)15(14)9-6-2/h6,11H,2,5,7-10H2,1,3-4H3,(H,17,18,19). The van der Waals surface area contributed by atoms with Crippen molar-refractivity contribution in [3.05, 3.63) is 41.0 Å². The van der Waals surface area contributed by atoms with Crippen molar-refractivity contribution in [2.24, 2.45) is 0 Å². The highest BCUT2D eigenvalue weighted by molar-refractivity contribution is 7.86. The lowest BCUT2D eigenvalue weighted by Gasteiger charge is -2.17. The summed E-state index contributed by atoms with van der Waals surface area (Å²) in [4.78, 5) is 0.0731. The van der Waals surface area contributed by atoms with Gasteiger partial charge in [0.15, 0.2) is 0 Å². The van der Waals surface area contributed by atoms with Gasteiger partial charge in [0.25, 0.3) is 10.1 Å². The second kappa shape index (κ2) is 7.04. The van der Waals surface area contributed by atoms with Gasteiger partial charge in [-0.3, -0.25) is 4.55 Å². The van der Waals surface area contributed by atoms with Gasteiger partial charge in [-0.05, 0) is 55.4 Å². The number of aryl methyl sites for hydroxylation is 2. The molecule has 0 fully saturated rings. The van der Waals surface area contributed by atoms with Crippen molar-refractivity contribution < 1.29 is 13.0 Å². The number of rotatable bonds is 7. The fourth-order valence-corrected chi connectivity index (χ4v) is 3.59. The van der Waals surface area contributed by atoms with E-state index in [1.165, 1.54) is 0 Å². The highest BCUT2D eigenvalue weighted by Gasteiger charge is 2.22. The molecule has 1 aromatic rings. The molecule has 0 bridgehead atoms. The molecule has 0 atom stereocenters. The monoisotopic (exact) mass is 296 g/mol. The first-order chi connectivity index (χ1) is 9.32. The largest absolute Gasteiger partial charge is 0.295 e. The zero-order valence-electron chi connectivity index (χ0n) is 12.6. The van der Waals surface area contributed by atoms with Crippen LogP contribution in [0.1, 0.15) is 48.4 Å². The van der Waals surface area contributed by atoms with Gasteiger partial charge in [-0.15, -0.1) is 6.58 Å². The Bertz CT molecular complexity index is 586. The van der Waals surface area contributed by atoms with E-state index in [1.807, 2.05) is 13.0 Å². The Hall–Kier alpha value is -1.13. The van der Waals surface area contributed by atoms with E-state index in [0.717, 1.165) is 36.8 Å². The predicted octanol–water partition coefficient (Wildman–Crippen LogP) is 4.01. The van der Waals surface area contributed by atoms with E-state index < -0.39 is 10.1 Å². The van der Waals surface area contributed by atoms with Crippen molar-refractivity contribution in [2.45, 2.75) is 57.8 Å². The highest BCUT2D eigenvalue weighted by atomic mass is 32.2. The second-order valence-corrected chi connectivity index (χ2v) is 6.57. The van der Waals surface area contributed by atoms with Crippen LogP contribution in [0.2, 0.25) is 0 Å². The SMILES string of the molecule is C=CCc1c(CCCCC)cc(C)c(C)c1S(=O)(=O)O. The molecule has 1 N–H and O–H groups in total. The van der Waals surface area contributed by atoms with Crippen LogP contribution in [-0.2, 0) is 23.0 Å². The van der Waals surface area contributed by atoms with E-state index >= 15 is 0 Å². The summed E-state index contributed by atoms with van der Waals surface area (Å²) < 4.78 is 32.9. The van der Waals surface area contributed by atoms with Gasteiger partial charge >= 0.3 is 0 Å². The van der Waals surface area contributed by atoms with E-state index in [0.29, 0.717) is 17.5 Å². The summed E-state index contributed by atoms with van der Waals surface area (Å²) in [7, 11) is -4.21. The molecule has 3 nitrogen and oxygen atoms in total. The Kier molecular flexibility index (Phi) is 5.96. The van der Waals surface area contributed by atoms with Crippen molar-refractivity contribution in [3.63, 3.8) is 0 Å². The Labute approximate surface area is 122 Å². The lowest BCUT2D eigenvalue weighted by molar-refractivity contribution is 0.481. The lowest BCUT2D eigenvalue weighted by Crippen LogP contribution is -2.10. The Morgan fingerprint density at radius 2 is 1.95 bits per heavy atom. The molecule has 0 aliphatic rings. The topological polar surface area (TPSA) is 54.4 Å². The number of hydrogen-bond donors (Lipinski definition) is 1. The van der Waals surface area contributed by atoms with Crippen LogP contribution in [0, 0.1) is 13.8 Å². The van der Waals surface area contributed by atoms with Gasteiger partial charge in [0.2, 0.25) is 0 Å². The molecular formula is C16H24O3S. The van der Waals surface area contributed by atoms with Crippen LogP contribution in [-0.4, -0.2) is 13.0 Å². The quantitative estimate of drug-likeness (QED) is 0.470. The van der Waals surface area contributed by atoms with Gasteiger partial charge in [-0.1, -0.05) is 31.9 Å². The minimum atomic E-state index is -4.21. The zero-order chi connectivity index (χ0) is 15.3. The maximum Gasteiger partial charge on any atom is 0.295 e. The molecule has 0 spiro atoms. The maximum atomic E-state index is 11.7. The molecular weight excluding hydrogens is 272 g/mol. The fraction of sp³-hybridized carbons (Fsp3) is 0.500. The smallest absolute Gasteiger partial charge is 0.282 e. The summed E-state index contributed by atoms with van der Waals surface area (Å²) in [6.07, 6.45) is 6.23. The molecule has 1 aromatic carbocycles. The van der Waals surface area contributed by atoms with Gasteiger partial charge in [-0.2, -0.15) is 8.42 Å². The first kappa shape index (κ1) is 16.9. The number of unbranched alkanes of at least 4 members (excludes halogenated alkanes) is 2. The lowest BCUT2D eigenvalue weighted by atomic mass is 9.94. The molecule has 4 heteroatoms. The van der Waals surface area contributed by atoms with E-state index in [9.17, 15) is 13.0 Å². The third kappa shape index (κ3) is 3.93. The van der Waals surface area contributed by atoms with Crippen LogP contribution >= 0.6 is 0 Å². The van der Waals surface area contributed by atoms with Gasteiger partial charge < -0.3 is 0 Å². The van der Waals surface area contributed by atoms with Gasteiger partial charge in [-0.25, -0.2) is 0 Å². The minimum Gasteiger partial charge on any atom is -0.282 e. The number of allylic oxidation sites excluding steroid dienone is 1. The molecule has 0 radical (unpaired) electrons. The molecule has 112 valence electrons. The van der Waals surface area contributed by atoms with Crippen LogP contribution in [0.25, 0.3) is 0 Å². The predicted molar refractivity (Wildman–Crippen MR) is 82.9 cm³/mol. The maximum absolute atomic E-state index is 11.7. The van der Waals surface area contributed by atoms with E-state index in [4.69, 9.17) is 0 Å². The molecule has 1 rings (SSSR count). The molecule has 0 heterocycles. The molecule has 0 unspecified atom stereocenters. The van der Waals surface area contributed by atoms with Crippen molar-refractivity contribution in [3.8, 4) is 0 Å². The van der Waals surface area contributed by atoms with Crippen LogP contribution < -0.4 is 0 Å². The van der Waals surface area contributed by atoms with Crippen molar-refractivity contribution in [2.75, 3.05) is 0 Å². The third-order valence-corrected chi connectivity index (χ3v) is 4.71. The molecule has 0 saturated heterocycles. The van der Waals surface area contributed by atoms with Crippen LogP contribution in [0.3, 0.4) is 0 Å². The first-order valence-electron chi connectivity index (χ1n) is 7.03. The van der Waals surface area contributed by atoms with Crippen molar-refractivity contribution >= 4 is 10.1 Å². The minimum absolute atomic E-state index is 0.0731. The summed E-state index contributed by atoms with van der Waals surface area (Å²) in [5, 5.41) is 0. The molecule has 0 aliphatic carbocycles. The van der Waals surface area contributed by atoms with E-state index in [-0.39, 0.29) is 4.90 Å². The van der Waals surface area contributed by atoms with Gasteiger partial charge in [0, 0.05) is 0 Å². The third-order valence-electron chi connectivity index (χ3n) is 3.64. The highest BCUT2D eigenvalue weighted by Crippen LogP contribution is 2.28. The number of hydrogen-bond acceptors (Lipinski definition) is 2. The van der Waals surface area contributed by atoms with E-state index in [2.05, 4.69) is 13.5 Å². The second-order valence-electron chi connectivity index (χ2n) is 5.21. The molecule has 0 saturated carbocycles. The Morgan fingerprint density at radius 1 is 1.30 bits per heavy atom. The first-order valence-corrected chi connectivity index (χ1v) is 8.47. The van der Waals surface area contributed by atoms with E-state index in [1.54, 1.807) is 13.0 Å². The summed E-state index contributed by atoms with van der Waals surface area (Å²) in [6, 6.07) is 2.04. The molecule has 20 heavy (non-hydrogen) atoms. The Morgan fingerprint density at radius 3 is 2.45 bits per heavy atom. The van der Waals surface area contributed by atoms with Crippen LogP contribution in [0.4, 0.5) is 0 Å². The van der Waals surface area contributed by atoms with Crippen molar-refractivity contribution in [1.29, 1.82) is 0 Å². The van der Waals surface area contributed by atoms with Crippen LogP contribution in [0.15, 0.2) is 23.6 Å². The molecule has 0 aliphatic heterocycles. The summed E-state index contributed by atoms with van der Waals surface area (Å²) in [5.41, 5.74) is 3.23. The summed E-state index contributed by atoms with van der Waals surface area (Å²) in [5.74, 6) is 0. The molecule has 0 amide bonds.